The molecule has 0 saturated carbocycles. The van der Waals surface area contributed by atoms with Gasteiger partial charge in [0.05, 0.1) is 32.1 Å². The standard InChI is InChI=1S/C19H23N3O4/c1-25-18-6-5-14(12-17(18)23)19(24)21-13-16(15-4-2-3-7-20-15)22-8-10-26-11-9-22/h2-7,12,16,23H,8-11,13H2,1H3,(H,21,24)/t16-/m1/s1. The summed E-state index contributed by atoms with van der Waals surface area (Å²) in [6.07, 6.45) is 1.76. The summed E-state index contributed by atoms with van der Waals surface area (Å²) in [7, 11) is 1.47. The monoisotopic (exact) mass is 357 g/mol. The first-order valence-electron chi connectivity index (χ1n) is 8.57. The molecule has 1 atom stereocenters. The first-order chi connectivity index (χ1) is 12.7. The van der Waals surface area contributed by atoms with E-state index >= 15 is 0 Å². The molecule has 0 bridgehead atoms. The van der Waals surface area contributed by atoms with Crippen molar-refractivity contribution in [1.82, 2.24) is 15.2 Å². The number of aromatic hydroxyl groups is 1. The normalized spacial score (nSPS) is 16.0. The summed E-state index contributed by atoms with van der Waals surface area (Å²) in [5, 5.41) is 12.8. The molecule has 1 aromatic carbocycles. The summed E-state index contributed by atoms with van der Waals surface area (Å²) in [6, 6.07) is 10.3. The molecule has 7 nitrogen and oxygen atoms in total. The Balaban J connectivity index is 1.70. The molecule has 1 aliphatic rings. The Morgan fingerprint density at radius 2 is 2.15 bits per heavy atom. The molecule has 0 spiro atoms. The zero-order valence-electron chi connectivity index (χ0n) is 14.7. The minimum absolute atomic E-state index is 0.0316. The van der Waals surface area contributed by atoms with Crippen molar-refractivity contribution in [3.05, 3.63) is 53.9 Å². The van der Waals surface area contributed by atoms with Gasteiger partial charge in [-0.2, -0.15) is 0 Å². The van der Waals surface area contributed by atoms with Crippen LogP contribution in [-0.4, -0.2) is 60.9 Å². The molecule has 1 amide bonds. The Kier molecular flexibility index (Phi) is 6.04. The van der Waals surface area contributed by atoms with Crippen molar-refractivity contribution in [2.75, 3.05) is 40.0 Å². The molecule has 1 aliphatic heterocycles. The van der Waals surface area contributed by atoms with E-state index in [4.69, 9.17) is 9.47 Å². The van der Waals surface area contributed by atoms with Gasteiger partial charge in [-0.3, -0.25) is 14.7 Å². The van der Waals surface area contributed by atoms with Crippen molar-refractivity contribution < 1.29 is 19.4 Å². The Morgan fingerprint density at radius 1 is 1.35 bits per heavy atom. The number of nitrogens with zero attached hydrogens (tertiary/aromatic N) is 2. The number of pyridine rings is 1. The number of morpholine rings is 1. The van der Waals surface area contributed by atoms with E-state index in [0.29, 0.717) is 31.1 Å². The molecule has 0 aliphatic carbocycles. The number of amides is 1. The number of rotatable bonds is 6. The van der Waals surface area contributed by atoms with Gasteiger partial charge in [0.1, 0.15) is 0 Å². The second-order valence-electron chi connectivity index (χ2n) is 6.02. The quantitative estimate of drug-likeness (QED) is 0.817. The molecule has 0 radical (unpaired) electrons. The van der Waals surface area contributed by atoms with Crippen LogP contribution in [0.3, 0.4) is 0 Å². The van der Waals surface area contributed by atoms with Gasteiger partial charge in [-0.05, 0) is 30.3 Å². The number of ether oxygens (including phenoxy) is 2. The SMILES string of the molecule is COc1ccc(C(=O)NC[C@H](c2ccccn2)N2CCOCC2)cc1O. The highest BCUT2D eigenvalue weighted by molar-refractivity contribution is 5.94. The van der Waals surface area contributed by atoms with Crippen molar-refractivity contribution in [3.63, 3.8) is 0 Å². The summed E-state index contributed by atoms with van der Waals surface area (Å²) in [5.74, 6) is 0.0213. The minimum Gasteiger partial charge on any atom is -0.504 e. The van der Waals surface area contributed by atoms with Crippen LogP contribution in [0.25, 0.3) is 0 Å². The first kappa shape index (κ1) is 18.2. The van der Waals surface area contributed by atoms with Crippen LogP contribution in [0.1, 0.15) is 22.1 Å². The predicted octanol–water partition coefficient (Wildman–Crippen LogP) is 1.60. The van der Waals surface area contributed by atoms with Crippen LogP contribution >= 0.6 is 0 Å². The molecular weight excluding hydrogens is 334 g/mol. The van der Waals surface area contributed by atoms with Crippen molar-refractivity contribution in [2.24, 2.45) is 0 Å². The zero-order valence-corrected chi connectivity index (χ0v) is 14.7. The van der Waals surface area contributed by atoms with Crippen LogP contribution in [-0.2, 0) is 4.74 Å². The summed E-state index contributed by atoms with van der Waals surface area (Å²) < 4.78 is 10.4. The van der Waals surface area contributed by atoms with E-state index in [2.05, 4.69) is 15.2 Å². The van der Waals surface area contributed by atoms with Gasteiger partial charge in [0.2, 0.25) is 0 Å². The van der Waals surface area contributed by atoms with Crippen molar-refractivity contribution in [2.45, 2.75) is 6.04 Å². The number of hydrogen-bond acceptors (Lipinski definition) is 6. The highest BCUT2D eigenvalue weighted by Gasteiger charge is 2.24. The largest absolute Gasteiger partial charge is 0.504 e. The maximum Gasteiger partial charge on any atom is 0.251 e. The minimum atomic E-state index is -0.253. The third-order valence-corrected chi connectivity index (χ3v) is 4.41. The van der Waals surface area contributed by atoms with Gasteiger partial charge in [0.15, 0.2) is 11.5 Å². The number of aromatic nitrogens is 1. The van der Waals surface area contributed by atoms with Crippen molar-refractivity contribution >= 4 is 5.91 Å². The van der Waals surface area contributed by atoms with Crippen molar-refractivity contribution in [1.29, 1.82) is 0 Å². The topological polar surface area (TPSA) is 83.9 Å². The van der Waals surface area contributed by atoms with E-state index in [1.807, 2.05) is 18.2 Å². The Bertz CT molecular complexity index is 733. The zero-order chi connectivity index (χ0) is 18.4. The number of phenolic OH excluding ortho intramolecular Hbond substituents is 1. The molecule has 3 rings (SSSR count). The number of hydrogen-bond donors (Lipinski definition) is 2. The van der Waals surface area contributed by atoms with Crippen molar-refractivity contribution in [3.8, 4) is 11.5 Å². The van der Waals surface area contributed by atoms with E-state index in [0.717, 1.165) is 18.8 Å². The van der Waals surface area contributed by atoms with Gasteiger partial charge >= 0.3 is 0 Å². The van der Waals surface area contributed by atoms with E-state index < -0.39 is 0 Å². The van der Waals surface area contributed by atoms with Gasteiger partial charge in [-0.25, -0.2) is 0 Å². The fraction of sp³-hybridized carbons (Fsp3) is 0.368. The molecule has 26 heavy (non-hydrogen) atoms. The number of benzene rings is 1. The lowest BCUT2D eigenvalue weighted by atomic mass is 10.1. The fourth-order valence-corrected chi connectivity index (χ4v) is 3.01. The third kappa shape index (κ3) is 4.30. The third-order valence-electron chi connectivity index (χ3n) is 4.41. The first-order valence-corrected chi connectivity index (χ1v) is 8.57. The van der Waals surface area contributed by atoms with Crippen LogP contribution in [0.4, 0.5) is 0 Å². The molecule has 7 heteroatoms. The summed E-state index contributed by atoms with van der Waals surface area (Å²) in [4.78, 5) is 19.2. The molecule has 1 aromatic heterocycles. The highest BCUT2D eigenvalue weighted by atomic mass is 16.5. The Hall–Kier alpha value is -2.64. The van der Waals surface area contributed by atoms with Crippen LogP contribution in [0.15, 0.2) is 42.6 Å². The molecule has 138 valence electrons. The van der Waals surface area contributed by atoms with Crippen LogP contribution in [0, 0.1) is 0 Å². The number of methoxy groups -OCH3 is 1. The lowest BCUT2D eigenvalue weighted by Crippen LogP contribution is -2.44. The van der Waals surface area contributed by atoms with Gasteiger partial charge < -0.3 is 19.9 Å². The number of carbonyl (C=O) groups excluding carboxylic acids is 1. The van der Waals surface area contributed by atoms with Gasteiger partial charge in [-0.1, -0.05) is 6.07 Å². The van der Waals surface area contributed by atoms with E-state index in [1.165, 1.54) is 13.2 Å². The van der Waals surface area contributed by atoms with Gasteiger partial charge in [0, 0.05) is 31.4 Å². The van der Waals surface area contributed by atoms with Gasteiger partial charge in [0.25, 0.3) is 5.91 Å². The van der Waals surface area contributed by atoms with E-state index in [1.54, 1.807) is 18.3 Å². The fourth-order valence-electron chi connectivity index (χ4n) is 3.01. The number of carbonyl (C=O) groups is 1. The second kappa shape index (κ2) is 8.64. The Morgan fingerprint density at radius 3 is 2.81 bits per heavy atom. The molecule has 1 fully saturated rings. The average molecular weight is 357 g/mol. The summed E-state index contributed by atoms with van der Waals surface area (Å²) in [6.45, 7) is 3.34. The molecule has 1 saturated heterocycles. The lowest BCUT2D eigenvalue weighted by Gasteiger charge is -2.34. The summed E-state index contributed by atoms with van der Waals surface area (Å²) in [5.41, 5.74) is 1.29. The van der Waals surface area contributed by atoms with E-state index in [9.17, 15) is 9.90 Å². The highest BCUT2D eigenvalue weighted by Crippen LogP contribution is 2.26. The maximum atomic E-state index is 12.5. The smallest absolute Gasteiger partial charge is 0.251 e. The number of phenols is 1. The average Bonchev–Trinajstić information content (AvgIpc) is 2.69. The van der Waals surface area contributed by atoms with E-state index in [-0.39, 0.29) is 17.7 Å². The maximum absolute atomic E-state index is 12.5. The molecular formula is C19H23N3O4. The molecule has 0 unspecified atom stereocenters. The number of nitrogens with one attached hydrogen (secondary N) is 1. The van der Waals surface area contributed by atoms with Gasteiger partial charge in [-0.15, -0.1) is 0 Å². The predicted molar refractivity (Wildman–Crippen MR) is 96.4 cm³/mol. The van der Waals surface area contributed by atoms with Crippen LogP contribution < -0.4 is 10.1 Å². The van der Waals surface area contributed by atoms with Crippen LogP contribution in [0.5, 0.6) is 11.5 Å². The molecule has 2 heterocycles. The molecule has 2 N–H and O–H groups in total. The summed E-state index contributed by atoms with van der Waals surface area (Å²) >= 11 is 0. The molecule has 2 aromatic rings. The Labute approximate surface area is 152 Å². The second-order valence-corrected chi connectivity index (χ2v) is 6.02. The van der Waals surface area contributed by atoms with Crippen LogP contribution in [0.2, 0.25) is 0 Å². The lowest BCUT2D eigenvalue weighted by molar-refractivity contribution is 0.0154.